The minimum Gasteiger partial charge on any atom is -0.469 e. The first-order chi connectivity index (χ1) is 24.8. The number of esters is 4. The van der Waals surface area contributed by atoms with Crippen molar-refractivity contribution in [1.29, 1.82) is 0 Å². The van der Waals surface area contributed by atoms with Gasteiger partial charge in [-0.1, -0.05) is 19.9 Å². The third-order valence-corrected chi connectivity index (χ3v) is 15.3. The van der Waals surface area contributed by atoms with E-state index in [2.05, 4.69) is 20.4 Å². The molecule has 4 fully saturated rings. The molecule has 2 aliphatic heterocycles. The summed E-state index contributed by atoms with van der Waals surface area (Å²) < 4.78 is 35.2. The number of methoxy groups -OCH3 is 3. The normalized spacial score (nSPS) is 40.3. The summed E-state index contributed by atoms with van der Waals surface area (Å²) in [5, 5.41) is 11.8. The first-order valence-electron chi connectivity index (χ1n) is 19.9. The van der Waals surface area contributed by atoms with Gasteiger partial charge in [0.1, 0.15) is 12.7 Å². The van der Waals surface area contributed by atoms with E-state index >= 15 is 0 Å². The molecule has 2 saturated carbocycles. The molecule has 11 atom stereocenters. The van der Waals surface area contributed by atoms with Crippen molar-refractivity contribution in [2.75, 3.05) is 27.9 Å². The molecule has 2 aliphatic carbocycles. The Hall–Kier alpha value is -2.50. The number of carbonyl (C=O) groups is 4. The van der Waals surface area contributed by atoms with Crippen molar-refractivity contribution >= 4 is 23.9 Å². The van der Waals surface area contributed by atoms with Gasteiger partial charge in [-0.25, -0.2) is 0 Å². The maximum atomic E-state index is 14.2. The highest BCUT2D eigenvalue weighted by molar-refractivity contribution is 5.78. The number of rotatable bonds is 12. The summed E-state index contributed by atoms with van der Waals surface area (Å²) >= 11 is 0. The van der Waals surface area contributed by atoms with Crippen LogP contribution >= 0.6 is 0 Å². The van der Waals surface area contributed by atoms with Crippen molar-refractivity contribution in [1.82, 2.24) is 0 Å². The number of fused-ring (bicyclic) bond motifs is 2. The zero-order chi connectivity index (χ0) is 40.9. The lowest BCUT2D eigenvalue weighted by molar-refractivity contribution is -0.284. The van der Waals surface area contributed by atoms with Gasteiger partial charge >= 0.3 is 23.9 Å². The monoisotopic (exact) mass is 762 g/mol. The quantitative estimate of drug-likeness (QED) is 0.123. The van der Waals surface area contributed by atoms with Gasteiger partial charge in [-0.15, -0.1) is 6.58 Å². The molecule has 0 bridgehead atoms. The standard InChI is InChI=1S/C43H70O11/c1-15-38(6)20-16-29-40(8,25-33(46)50-13)28(17-21-41(29,9)53-38)37(4,5)35(48)52-26-31(44)43(11)23-19-30-39(7,24-32(45)49-12)27(18-22-42(30,10)54-43)36(2,3)34(47)51-14/h15,27-31,44H,1,16-26H2,2-14H3/t27-,28-,29+,30+,31-,38+,39-,40-,41+,42+,43-/m1/s1. The highest BCUT2D eigenvalue weighted by Gasteiger charge is 2.65. The molecule has 54 heavy (non-hydrogen) atoms. The Morgan fingerprint density at radius 1 is 0.704 bits per heavy atom. The maximum Gasteiger partial charge on any atom is 0.311 e. The highest BCUT2D eigenvalue weighted by Crippen LogP contribution is 2.64. The fraction of sp³-hybridized carbons (Fsp3) is 0.860. The van der Waals surface area contributed by atoms with Crippen LogP contribution in [0.25, 0.3) is 0 Å². The molecule has 11 heteroatoms. The molecule has 2 saturated heterocycles. The molecule has 2 heterocycles. The Morgan fingerprint density at radius 2 is 1.15 bits per heavy atom. The molecule has 0 spiro atoms. The Morgan fingerprint density at radius 3 is 1.59 bits per heavy atom. The number of ether oxygens (including phenoxy) is 6. The Balaban J connectivity index is 1.54. The van der Waals surface area contributed by atoms with Crippen LogP contribution in [0.1, 0.15) is 133 Å². The number of hydrogen-bond donors (Lipinski definition) is 1. The number of aliphatic hydroxyl groups is 1. The lowest BCUT2D eigenvalue weighted by Crippen LogP contribution is -2.65. The van der Waals surface area contributed by atoms with Crippen LogP contribution < -0.4 is 0 Å². The largest absolute Gasteiger partial charge is 0.469 e. The van der Waals surface area contributed by atoms with Crippen molar-refractivity contribution in [2.24, 2.45) is 45.3 Å². The van der Waals surface area contributed by atoms with Gasteiger partial charge in [-0.05, 0) is 141 Å². The van der Waals surface area contributed by atoms with Crippen LogP contribution in [0.4, 0.5) is 0 Å². The van der Waals surface area contributed by atoms with Gasteiger partial charge < -0.3 is 33.5 Å². The molecule has 308 valence electrons. The first-order valence-corrected chi connectivity index (χ1v) is 19.9. The highest BCUT2D eigenvalue weighted by atomic mass is 16.6. The van der Waals surface area contributed by atoms with Crippen molar-refractivity contribution in [3.63, 3.8) is 0 Å². The molecule has 4 aliphatic rings. The van der Waals surface area contributed by atoms with Gasteiger partial charge in [-0.3, -0.25) is 19.2 Å². The van der Waals surface area contributed by atoms with Gasteiger partial charge in [0.15, 0.2) is 0 Å². The average molecular weight is 763 g/mol. The van der Waals surface area contributed by atoms with Crippen LogP contribution in [0.15, 0.2) is 12.7 Å². The van der Waals surface area contributed by atoms with E-state index in [0.29, 0.717) is 38.5 Å². The van der Waals surface area contributed by atoms with Gasteiger partial charge in [0, 0.05) is 0 Å². The van der Waals surface area contributed by atoms with Gasteiger partial charge in [0.05, 0.1) is 67.4 Å². The summed E-state index contributed by atoms with van der Waals surface area (Å²) in [6, 6.07) is 0. The van der Waals surface area contributed by atoms with E-state index < -0.39 is 56.1 Å². The predicted octanol–water partition coefficient (Wildman–Crippen LogP) is 7.15. The molecular weight excluding hydrogens is 692 g/mol. The van der Waals surface area contributed by atoms with E-state index in [1.54, 1.807) is 0 Å². The lowest BCUT2D eigenvalue weighted by Gasteiger charge is -2.63. The maximum absolute atomic E-state index is 14.2. The van der Waals surface area contributed by atoms with Crippen molar-refractivity contribution in [3.8, 4) is 0 Å². The Kier molecular flexibility index (Phi) is 12.4. The fourth-order valence-electron chi connectivity index (χ4n) is 12.4. The number of carbonyl (C=O) groups excluding carboxylic acids is 4. The molecular formula is C43H70O11. The average Bonchev–Trinajstić information content (AvgIpc) is 3.08. The minimum atomic E-state index is -1.13. The Labute approximate surface area is 323 Å². The van der Waals surface area contributed by atoms with Crippen molar-refractivity contribution in [3.05, 3.63) is 12.7 Å². The molecule has 0 unspecified atom stereocenters. The van der Waals surface area contributed by atoms with Crippen LogP contribution in [0, 0.1) is 45.3 Å². The van der Waals surface area contributed by atoms with Crippen LogP contribution in [-0.2, 0) is 47.6 Å². The summed E-state index contributed by atoms with van der Waals surface area (Å²) in [7, 11) is 4.14. The van der Waals surface area contributed by atoms with Gasteiger partial charge in [-0.2, -0.15) is 0 Å². The summed E-state index contributed by atoms with van der Waals surface area (Å²) in [5.41, 5.74) is -5.94. The van der Waals surface area contributed by atoms with Crippen LogP contribution in [0.3, 0.4) is 0 Å². The van der Waals surface area contributed by atoms with Crippen LogP contribution in [0.2, 0.25) is 0 Å². The second kappa shape index (κ2) is 15.1. The van der Waals surface area contributed by atoms with E-state index in [9.17, 15) is 24.3 Å². The van der Waals surface area contributed by atoms with Crippen LogP contribution in [-0.4, -0.2) is 85.4 Å². The molecule has 0 amide bonds. The molecule has 0 aromatic rings. The molecule has 0 radical (unpaired) electrons. The molecule has 11 nitrogen and oxygen atoms in total. The minimum absolute atomic E-state index is 0.0186. The topological polar surface area (TPSA) is 144 Å². The van der Waals surface area contributed by atoms with E-state index in [0.717, 1.165) is 12.8 Å². The van der Waals surface area contributed by atoms with Crippen LogP contribution in [0.5, 0.6) is 0 Å². The zero-order valence-electron chi connectivity index (χ0n) is 35.5. The molecule has 0 aromatic heterocycles. The fourth-order valence-corrected chi connectivity index (χ4v) is 12.4. The Bertz CT molecular complexity index is 1460. The molecule has 0 aromatic carbocycles. The SMILES string of the molecule is C=C[C@@]1(C)CC[C@H]2[C@](C)(CC(=O)OC)[C@@H](C(C)(C)C(=O)OC[C@@H](O)[C@@]3(C)CC[C@H]4[C@](C)(CC(=O)OC)[C@@H](C(C)(C)C(=O)OC)CC[C@]4(C)O3)CC[C@]2(C)O1. The van der Waals surface area contributed by atoms with E-state index in [4.69, 9.17) is 28.4 Å². The summed E-state index contributed by atoms with van der Waals surface area (Å²) in [6.07, 6.45) is 6.14. The summed E-state index contributed by atoms with van der Waals surface area (Å²) in [6.45, 7) is 23.4. The van der Waals surface area contributed by atoms with E-state index in [1.165, 1.54) is 21.3 Å². The number of hydrogen-bond acceptors (Lipinski definition) is 11. The van der Waals surface area contributed by atoms with Gasteiger partial charge in [0.2, 0.25) is 0 Å². The third kappa shape index (κ3) is 7.63. The van der Waals surface area contributed by atoms with E-state index in [1.807, 2.05) is 61.5 Å². The van der Waals surface area contributed by atoms with Crippen molar-refractivity contribution in [2.45, 2.75) is 162 Å². The van der Waals surface area contributed by atoms with E-state index in [-0.39, 0.29) is 61.0 Å². The summed E-state index contributed by atoms with van der Waals surface area (Å²) in [4.78, 5) is 53.1. The third-order valence-electron chi connectivity index (χ3n) is 15.3. The van der Waals surface area contributed by atoms with Crippen molar-refractivity contribution < 1.29 is 52.7 Å². The summed E-state index contributed by atoms with van der Waals surface area (Å²) in [5.74, 6) is -2.04. The predicted molar refractivity (Wildman–Crippen MR) is 203 cm³/mol. The lowest BCUT2D eigenvalue weighted by atomic mass is 9.47. The molecule has 4 rings (SSSR count). The second-order valence-electron chi connectivity index (χ2n) is 19.6. The smallest absolute Gasteiger partial charge is 0.311 e. The molecule has 1 N–H and O–H groups in total. The first kappa shape index (κ1) is 44.2. The van der Waals surface area contributed by atoms with Gasteiger partial charge in [0.25, 0.3) is 0 Å². The number of aliphatic hydroxyl groups excluding tert-OH is 1. The second-order valence-corrected chi connectivity index (χ2v) is 19.6. The zero-order valence-corrected chi connectivity index (χ0v) is 35.5.